The summed E-state index contributed by atoms with van der Waals surface area (Å²) in [6.07, 6.45) is 0.564. The highest BCUT2D eigenvalue weighted by Crippen LogP contribution is 2.28. The van der Waals surface area contributed by atoms with E-state index in [-0.39, 0.29) is 11.3 Å². The molecular formula is C13H16FNO3S2. The molecule has 1 atom stereocenters. The molecule has 1 saturated heterocycles. The zero-order valence-corrected chi connectivity index (χ0v) is 12.7. The molecule has 1 aromatic rings. The normalized spacial score (nSPS) is 19.9. The first-order valence-corrected chi connectivity index (χ1v) is 9.16. The zero-order valence-electron chi connectivity index (χ0n) is 11.1. The second-order valence-corrected chi connectivity index (χ2v) is 8.13. The smallest absolute Gasteiger partial charge is 0.171 e. The first kappa shape index (κ1) is 15.3. The van der Waals surface area contributed by atoms with Crippen molar-refractivity contribution in [2.24, 2.45) is 0 Å². The average Bonchev–Trinajstić information content (AvgIpc) is 2.46. The van der Waals surface area contributed by atoms with Crippen LogP contribution in [0.1, 0.15) is 17.3 Å². The van der Waals surface area contributed by atoms with Crippen LogP contribution in [-0.2, 0) is 9.84 Å². The lowest BCUT2D eigenvalue weighted by atomic mass is 10.2. The lowest BCUT2D eigenvalue weighted by molar-refractivity contribution is 0.112. The van der Waals surface area contributed by atoms with Crippen LogP contribution in [0.25, 0.3) is 0 Å². The van der Waals surface area contributed by atoms with Gasteiger partial charge < -0.3 is 4.90 Å². The molecule has 0 saturated carbocycles. The van der Waals surface area contributed by atoms with E-state index in [1.807, 2.05) is 0 Å². The predicted octanol–water partition coefficient (Wildman–Crippen LogP) is 1.95. The zero-order chi connectivity index (χ0) is 14.8. The molecule has 1 unspecified atom stereocenters. The molecule has 1 aliphatic rings. The Balaban J connectivity index is 2.42. The summed E-state index contributed by atoms with van der Waals surface area (Å²) < 4.78 is 37.9. The number of rotatable bonds is 4. The summed E-state index contributed by atoms with van der Waals surface area (Å²) in [5.41, 5.74) is 0.667. The SMILES string of the molecule is CCS(=O)(=O)C1CSCCN1c1cc(F)cc(C=O)c1. The molecule has 110 valence electrons. The second kappa shape index (κ2) is 6.13. The Hall–Kier alpha value is -1.08. The standard InChI is InChI=1S/C13H16FNO3S2/c1-2-20(17,18)13-9-19-4-3-15(13)12-6-10(8-16)5-11(14)7-12/h5-8,13H,2-4,9H2,1H3. The van der Waals surface area contributed by atoms with Crippen LogP contribution in [0, 0.1) is 5.82 Å². The Morgan fingerprint density at radius 1 is 1.45 bits per heavy atom. The molecule has 0 aromatic heterocycles. The summed E-state index contributed by atoms with van der Waals surface area (Å²) in [5, 5.41) is -0.660. The first-order valence-electron chi connectivity index (χ1n) is 6.29. The van der Waals surface area contributed by atoms with E-state index in [9.17, 15) is 17.6 Å². The highest BCUT2D eigenvalue weighted by atomic mass is 32.2. The van der Waals surface area contributed by atoms with Crippen molar-refractivity contribution in [1.82, 2.24) is 0 Å². The Morgan fingerprint density at radius 3 is 2.85 bits per heavy atom. The van der Waals surface area contributed by atoms with E-state index in [1.165, 1.54) is 12.1 Å². The maximum atomic E-state index is 13.5. The molecule has 0 radical (unpaired) electrons. The van der Waals surface area contributed by atoms with Gasteiger partial charge in [0, 0.05) is 35.1 Å². The number of nitrogens with zero attached hydrogens (tertiary/aromatic N) is 1. The average molecular weight is 317 g/mol. The number of hydrogen-bond acceptors (Lipinski definition) is 5. The molecule has 0 aliphatic carbocycles. The van der Waals surface area contributed by atoms with Crippen LogP contribution in [0.3, 0.4) is 0 Å². The number of hydrogen-bond donors (Lipinski definition) is 0. The van der Waals surface area contributed by atoms with Crippen molar-refractivity contribution in [2.75, 3.05) is 28.7 Å². The summed E-state index contributed by atoms with van der Waals surface area (Å²) in [6, 6.07) is 3.95. The van der Waals surface area contributed by atoms with Crippen LogP contribution < -0.4 is 4.90 Å². The molecule has 0 N–H and O–H groups in total. The van der Waals surface area contributed by atoms with E-state index in [4.69, 9.17) is 0 Å². The van der Waals surface area contributed by atoms with Crippen molar-refractivity contribution in [3.63, 3.8) is 0 Å². The second-order valence-electron chi connectivity index (χ2n) is 4.54. The number of anilines is 1. The highest BCUT2D eigenvalue weighted by molar-refractivity contribution is 8.01. The van der Waals surface area contributed by atoms with E-state index in [0.717, 1.165) is 11.8 Å². The van der Waals surface area contributed by atoms with Crippen molar-refractivity contribution < 1.29 is 17.6 Å². The van der Waals surface area contributed by atoms with Gasteiger partial charge in [-0.05, 0) is 18.2 Å². The van der Waals surface area contributed by atoms with Crippen LogP contribution in [-0.4, -0.2) is 43.9 Å². The predicted molar refractivity (Wildman–Crippen MR) is 79.7 cm³/mol. The maximum absolute atomic E-state index is 13.5. The molecule has 2 rings (SSSR count). The minimum absolute atomic E-state index is 0.0462. The Bertz CT molecular complexity index is 604. The van der Waals surface area contributed by atoms with E-state index >= 15 is 0 Å². The van der Waals surface area contributed by atoms with Crippen LogP contribution in [0.15, 0.2) is 18.2 Å². The van der Waals surface area contributed by atoms with Gasteiger partial charge in [-0.1, -0.05) is 6.92 Å². The Morgan fingerprint density at radius 2 is 2.20 bits per heavy atom. The van der Waals surface area contributed by atoms with Gasteiger partial charge in [0.1, 0.15) is 17.5 Å². The lowest BCUT2D eigenvalue weighted by Crippen LogP contribution is -2.48. The van der Waals surface area contributed by atoms with Gasteiger partial charge in [0.25, 0.3) is 0 Å². The molecule has 1 heterocycles. The van der Waals surface area contributed by atoms with Gasteiger partial charge in [-0.2, -0.15) is 11.8 Å². The largest absolute Gasteiger partial charge is 0.353 e. The third-order valence-corrected chi connectivity index (χ3v) is 6.56. The van der Waals surface area contributed by atoms with Crippen molar-refractivity contribution in [3.05, 3.63) is 29.6 Å². The van der Waals surface area contributed by atoms with Gasteiger partial charge in [-0.15, -0.1) is 0 Å². The maximum Gasteiger partial charge on any atom is 0.171 e. The minimum atomic E-state index is -3.26. The van der Waals surface area contributed by atoms with Gasteiger partial charge >= 0.3 is 0 Å². The lowest BCUT2D eigenvalue weighted by Gasteiger charge is -2.36. The topological polar surface area (TPSA) is 54.5 Å². The third kappa shape index (κ3) is 3.15. The quantitative estimate of drug-likeness (QED) is 0.795. The fourth-order valence-electron chi connectivity index (χ4n) is 2.20. The van der Waals surface area contributed by atoms with E-state index in [2.05, 4.69) is 0 Å². The van der Waals surface area contributed by atoms with Crippen LogP contribution in [0.2, 0.25) is 0 Å². The summed E-state index contributed by atoms with van der Waals surface area (Å²) in [7, 11) is -3.26. The van der Waals surface area contributed by atoms with E-state index < -0.39 is 21.0 Å². The third-order valence-electron chi connectivity index (χ3n) is 3.27. The van der Waals surface area contributed by atoms with Crippen LogP contribution >= 0.6 is 11.8 Å². The highest BCUT2D eigenvalue weighted by Gasteiger charge is 2.33. The summed E-state index contributed by atoms with van der Waals surface area (Å²) in [4.78, 5) is 12.5. The fourth-order valence-corrected chi connectivity index (χ4v) is 5.19. The van der Waals surface area contributed by atoms with Gasteiger partial charge in [-0.25, -0.2) is 12.8 Å². The van der Waals surface area contributed by atoms with Gasteiger partial charge in [0.05, 0.1) is 0 Å². The molecule has 0 bridgehead atoms. The number of benzene rings is 1. The molecule has 1 aromatic carbocycles. The number of thioether (sulfide) groups is 1. The molecular weight excluding hydrogens is 301 g/mol. The molecule has 7 heteroatoms. The van der Waals surface area contributed by atoms with Crippen molar-refractivity contribution in [2.45, 2.75) is 12.3 Å². The number of aldehydes is 1. The fraction of sp³-hybridized carbons (Fsp3) is 0.462. The Labute approximate surface area is 122 Å². The van der Waals surface area contributed by atoms with E-state index in [0.29, 0.717) is 24.3 Å². The summed E-state index contributed by atoms with van der Waals surface area (Å²) in [6.45, 7) is 2.13. The molecule has 1 aliphatic heterocycles. The summed E-state index contributed by atoms with van der Waals surface area (Å²) in [5.74, 6) is 0.756. The first-order chi connectivity index (χ1) is 9.47. The molecule has 1 fully saturated rings. The number of carbonyl (C=O) groups excluding carboxylic acids is 1. The number of carbonyl (C=O) groups is 1. The van der Waals surface area contributed by atoms with Crippen LogP contribution in [0.4, 0.5) is 10.1 Å². The number of sulfone groups is 1. The van der Waals surface area contributed by atoms with Gasteiger partial charge in [0.2, 0.25) is 0 Å². The minimum Gasteiger partial charge on any atom is -0.353 e. The van der Waals surface area contributed by atoms with Crippen molar-refractivity contribution in [3.8, 4) is 0 Å². The Kier molecular flexibility index (Phi) is 4.70. The van der Waals surface area contributed by atoms with E-state index in [1.54, 1.807) is 23.6 Å². The molecule has 0 spiro atoms. The van der Waals surface area contributed by atoms with Gasteiger partial charge in [0.15, 0.2) is 9.84 Å². The summed E-state index contributed by atoms with van der Waals surface area (Å²) >= 11 is 1.57. The number of halogens is 1. The molecule has 0 amide bonds. The van der Waals surface area contributed by atoms with Crippen molar-refractivity contribution in [1.29, 1.82) is 0 Å². The van der Waals surface area contributed by atoms with Crippen molar-refractivity contribution >= 4 is 33.6 Å². The van der Waals surface area contributed by atoms with Gasteiger partial charge in [-0.3, -0.25) is 4.79 Å². The molecule has 4 nitrogen and oxygen atoms in total. The molecule has 20 heavy (non-hydrogen) atoms. The monoisotopic (exact) mass is 317 g/mol. The van der Waals surface area contributed by atoms with Crippen LogP contribution in [0.5, 0.6) is 0 Å².